The van der Waals surface area contributed by atoms with Crippen molar-refractivity contribution in [3.8, 4) is 0 Å². The SMILES string of the molecule is CCCC.OCCON(OCCO)OCCO. The smallest absolute Gasteiger partial charge is 0.0967 e. The van der Waals surface area contributed by atoms with Crippen LogP contribution in [0, 0.1) is 0 Å². The minimum atomic E-state index is -0.179. The Morgan fingerprint density at radius 3 is 1.18 bits per heavy atom. The Hall–Kier alpha value is -0.280. The van der Waals surface area contributed by atoms with E-state index in [4.69, 9.17) is 29.8 Å². The predicted octanol–water partition coefficient (Wildman–Crippen LogP) is -0.134. The molecular weight excluding hydrogens is 230 g/mol. The third kappa shape index (κ3) is 18.3. The second kappa shape index (κ2) is 18.1. The molecule has 0 aromatic rings. The van der Waals surface area contributed by atoms with E-state index >= 15 is 0 Å². The van der Waals surface area contributed by atoms with E-state index in [2.05, 4.69) is 13.8 Å². The summed E-state index contributed by atoms with van der Waals surface area (Å²) in [5.74, 6) is 0. The Morgan fingerprint density at radius 2 is 1.00 bits per heavy atom. The Kier molecular flexibility index (Phi) is 20.3. The van der Waals surface area contributed by atoms with Crippen LogP contribution in [-0.4, -0.2) is 60.4 Å². The molecule has 0 aliphatic heterocycles. The number of nitrogens with zero attached hydrogens (tertiary/aromatic N) is 1. The van der Waals surface area contributed by atoms with Gasteiger partial charge in [0.25, 0.3) is 0 Å². The van der Waals surface area contributed by atoms with Gasteiger partial charge in [-0.3, -0.25) is 0 Å². The van der Waals surface area contributed by atoms with Crippen LogP contribution < -0.4 is 0 Å². The van der Waals surface area contributed by atoms with Crippen molar-refractivity contribution < 1.29 is 29.8 Å². The second-order valence-electron chi connectivity index (χ2n) is 2.89. The van der Waals surface area contributed by atoms with Crippen LogP contribution in [0.2, 0.25) is 0 Å². The van der Waals surface area contributed by atoms with Crippen LogP contribution >= 0.6 is 0 Å². The van der Waals surface area contributed by atoms with Gasteiger partial charge in [0.05, 0.1) is 45.0 Å². The number of hydrogen-bond donors (Lipinski definition) is 3. The minimum absolute atomic E-state index is 0.0108. The quantitative estimate of drug-likeness (QED) is 0.468. The van der Waals surface area contributed by atoms with Gasteiger partial charge < -0.3 is 15.3 Å². The maximum absolute atomic E-state index is 8.40. The summed E-state index contributed by atoms with van der Waals surface area (Å²) in [5.41, 5.74) is 0. The summed E-state index contributed by atoms with van der Waals surface area (Å²) in [6, 6.07) is 0. The van der Waals surface area contributed by atoms with E-state index in [-0.39, 0.29) is 39.6 Å². The first-order valence-corrected chi connectivity index (χ1v) is 5.78. The van der Waals surface area contributed by atoms with Crippen LogP contribution in [0.3, 0.4) is 0 Å². The molecule has 0 heterocycles. The second-order valence-corrected chi connectivity index (χ2v) is 2.89. The topological polar surface area (TPSA) is 91.6 Å². The summed E-state index contributed by atoms with van der Waals surface area (Å²) >= 11 is 0. The molecular formula is C10H25NO6. The minimum Gasteiger partial charge on any atom is -0.394 e. The van der Waals surface area contributed by atoms with Crippen molar-refractivity contribution in [2.45, 2.75) is 26.7 Å². The molecule has 0 aliphatic carbocycles. The highest BCUT2D eigenvalue weighted by atomic mass is 17.2. The van der Waals surface area contributed by atoms with Crippen molar-refractivity contribution in [2.75, 3.05) is 39.6 Å². The molecule has 0 aliphatic rings. The highest BCUT2D eigenvalue weighted by molar-refractivity contribution is 4.19. The zero-order chi connectivity index (χ0) is 13.4. The molecule has 7 heteroatoms. The fraction of sp³-hybridized carbons (Fsp3) is 1.00. The maximum Gasteiger partial charge on any atom is 0.0967 e. The maximum atomic E-state index is 8.40. The van der Waals surface area contributed by atoms with Gasteiger partial charge in [0.15, 0.2) is 0 Å². The summed E-state index contributed by atoms with van der Waals surface area (Å²) in [4.78, 5) is 14.1. The van der Waals surface area contributed by atoms with Gasteiger partial charge in [0.2, 0.25) is 0 Å². The van der Waals surface area contributed by atoms with Crippen molar-refractivity contribution in [2.24, 2.45) is 0 Å². The molecule has 0 amide bonds. The molecule has 0 aromatic heterocycles. The first-order chi connectivity index (χ1) is 8.26. The third-order valence-corrected chi connectivity index (χ3v) is 1.36. The molecule has 0 unspecified atom stereocenters. The molecule has 106 valence electrons. The summed E-state index contributed by atoms with van der Waals surface area (Å²) < 4.78 is 0. The number of rotatable bonds is 10. The molecule has 0 fully saturated rings. The Balaban J connectivity index is 0. The van der Waals surface area contributed by atoms with Crippen molar-refractivity contribution in [3.63, 3.8) is 0 Å². The van der Waals surface area contributed by atoms with Crippen LogP contribution in [0.5, 0.6) is 0 Å². The van der Waals surface area contributed by atoms with Crippen LogP contribution in [0.25, 0.3) is 0 Å². The fourth-order valence-corrected chi connectivity index (χ4v) is 0.458. The van der Waals surface area contributed by atoms with Crippen LogP contribution in [0.4, 0.5) is 0 Å². The van der Waals surface area contributed by atoms with Crippen LogP contribution in [0.1, 0.15) is 26.7 Å². The lowest BCUT2D eigenvalue weighted by molar-refractivity contribution is -0.527. The first-order valence-electron chi connectivity index (χ1n) is 5.78. The van der Waals surface area contributed by atoms with Crippen molar-refractivity contribution in [3.05, 3.63) is 0 Å². The Morgan fingerprint density at radius 1 is 0.706 bits per heavy atom. The van der Waals surface area contributed by atoms with Crippen LogP contribution in [0.15, 0.2) is 0 Å². The van der Waals surface area contributed by atoms with E-state index in [1.165, 1.54) is 12.8 Å². The van der Waals surface area contributed by atoms with Gasteiger partial charge in [-0.25, -0.2) is 14.5 Å². The first kappa shape index (κ1) is 19.1. The van der Waals surface area contributed by atoms with Gasteiger partial charge in [-0.2, -0.15) is 0 Å². The van der Waals surface area contributed by atoms with Gasteiger partial charge in [-0.15, -0.1) is 0 Å². The van der Waals surface area contributed by atoms with Gasteiger partial charge in [-0.1, -0.05) is 26.7 Å². The van der Waals surface area contributed by atoms with Crippen molar-refractivity contribution in [1.82, 2.24) is 5.39 Å². The van der Waals surface area contributed by atoms with E-state index in [1.54, 1.807) is 0 Å². The van der Waals surface area contributed by atoms with Gasteiger partial charge in [0.1, 0.15) is 0 Å². The molecule has 7 nitrogen and oxygen atoms in total. The number of hydrogen-bond acceptors (Lipinski definition) is 7. The molecule has 0 aromatic carbocycles. The van der Waals surface area contributed by atoms with Crippen molar-refractivity contribution >= 4 is 0 Å². The highest BCUT2D eigenvalue weighted by Crippen LogP contribution is 1.93. The summed E-state index contributed by atoms with van der Waals surface area (Å²) in [6.45, 7) is 3.86. The summed E-state index contributed by atoms with van der Waals surface area (Å²) in [7, 11) is 0. The summed E-state index contributed by atoms with van der Waals surface area (Å²) in [5, 5.41) is 25.9. The third-order valence-electron chi connectivity index (χ3n) is 1.36. The van der Waals surface area contributed by atoms with E-state index < -0.39 is 0 Å². The monoisotopic (exact) mass is 255 g/mol. The molecule has 3 N–H and O–H groups in total. The van der Waals surface area contributed by atoms with Crippen molar-refractivity contribution in [1.29, 1.82) is 0 Å². The molecule has 17 heavy (non-hydrogen) atoms. The largest absolute Gasteiger partial charge is 0.394 e. The van der Waals surface area contributed by atoms with Gasteiger partial charge in [0, 0.05) is 0 Å². The molecule has 0 bridgehead atoms. The van der Waals surface area contributed by atoms with Gasteiger partial charge >= 0.3 is 0 Å². The van der Waals surface area contributed by atoms with E-state index in [0.29, 0.717) is 5.39 Å². The zero-order valence-electron chi connectivity index (χ0n) is 10.7. The molecule has 0 spiro atoms. The summed E-state index contributed by atoms with van der Waals surface area (Å²) in [6.07, 6.45) is 2.64. The van der Waals surface area contributed by atoms with Crippen LogP contribution in [-0.2, 0) is 14.5 Å². The number of aliphatic hydroxyl groups is 3. The highest BCUT2D eigenvalue weighted by Gasteiger charge is 2.05. The molecule has 0 saturated heterocycles. The fourth-order valence-electron chi connectivity index (χ4n) is 0.458. The lowest BCUT2D eigenvalue weighted by atomic mass is 10.4. The molecule has 0 rings (SSSR count). The molecule has 0 saturated carbocycles. The average molecular weight is 255 g/mol. The molecule has 0 radical (unpaired) electrons. The lowest BCUT2D eigenvalue weighted by Crippen LogP contribution is -2.28. The zero-order valence-corrected chi connectivity index (χ0v) is 10.7. The average Bonchev–Trinajstić information content (AvgIpc) is 2.38. The molecule has 0 atom stereocenters. The predicted molar refractivity (Wildman–Crippen MR) is 61.5 cm³/mol. The van der Waals surface area contributed by atoms with E-state index in [9.17, 15) is 0 Å². The Labute approximate surface area is 102 Å². The van der Waals surface area contributed by atoms with E-state index in [1.807, 2.05) is 0 Å². The number of unbranched alkanes of at least 4 members (excludes halogenated alkanes) is 1. The Bertz CT molecular complexity index is 106. The van der Waals surface area contributed by atoms with Gasteiger partial charge in [-0.05, 0) is 0 Å². The van der Waals surface area contributed by atoms with E-state index in [0.717, 1.165) is 0 Å². The standard InChI is InChI=1S/C6H15NO6.C4H10/c8-1-4-11-7(12-5-2-9)13-6-3-10;1-3-4-2/h8-10H,1-6H2;3-4H2,1-2H3. The normalized spacial score (nSPS) is 10.2. The number of aliphatic hydroxyl groups excluding tert-OH is 3. The lowest BCUT2D eigenvalue weighted by Gasteiger charge is -2.17.